The number of carbonyl (C=O) groups is 3. The van der Waals surface area contributed by atoms with Gasteiger partial charge in [0.25, 0.3) is 0 Å². The fourth-order valence-corrected chi connectivity index (χ4v) is 6.82. The number of allylic oxidation sites excluding steroid dienone is 26. The molecule has 0 bridgehead atoms. The first-order valence-electron chi connectivity index (χ1n) is 28.0. The van der Waals surface area contributed by atoms with Gasteiger partial charge in [0.2, 0.25) is 0 Å². The van der Waals surface area contributed by atoms with Crippen LogP contribution in [-0.2, 0) is 28.6 Å². The summed E-state index contributed by atoms with van der Waals surface area (Å²) in [5.74, 6) is -1.12. The second-order valence-electron chi connectivity index (χ2n) is 17.7. The van der Waals surface area contributed by atoms with Crippen molar-refractivity contribution in [3.63, 3.8) is 0 Å². The molecule has 0 saturated heterocycles. The van der Waals surface area contributed by atoms with E-state index in [1.165, 1.54) is 51.4 Å². The van der Waals surface area contributed by atoms with E-state index < -0.39 is 12.1 Å². The van der Waals surface area contributed by atoms with Gasteiger partial charge in [-0.1, -0.05) is 217 Å². The van der Waals surface area contributed by atoms with Crippen molar-refractivity contribution >= 4 is 17.9 Å². The van der Waals surface area contributed by atoms with Crippen molar-refractivity contribution in [1.29, 1.82) is 0 Å². The molecule has 0 saturated carbocycles. The zero-order valence-corrected chi connectivity index (χ0v) is 45.2. The zero-order valence-electron chi connectivity index (χ0n) is 45.2. The van der Waals surface area contributed by atoms with Gasteiger partial charge in [0.15, 0.2) is 6.10 Å². The molecule has 0 rings (SSSR count). The molecule has 0 radical (unpaired) electrons. The molecule has 0 unspecified atom stereocenters. The van der Waals surface area contributed by atoms with Gasteiger partial charge in [-0.25, -0.2) is 0 Å². The quantitative estimate of drug-likeness (QED) is 0.0262. The molecule has 1 atom stereocenters. The van der Waals surface area contributed by atoms with Gasteiger partial charge in [0.1, 0.15) is 13.2 Å². The molecule has 0 aromatic heterocycles. The third kappa shape index (κ3) is 55.8. The Hall–Kier alpha value is -4.97. The van der Waals surface area contributed by atoms with E-state index in [4.69, 9.17) is 14.2 Å². The van der Waals surface area contributed by atoms with Crippen molar-refractivity contribution in [2.45, 2.75) is 219 Å². The molecule has 0 aliphatic carbocycles. The Morgan fingerprint density at radius 3 is 0.972 bits per heavy atom. The van der Waals surface area contributed by atoms with Gasteiger partial charge in [-0.05, 0) is 135 Å². The maximum Gasteiger partial charge on any atom is 0.306 e. The molecule has 0 fully saturated rings. The Kier molecular flexibility index (Phi) is 53.6. The van der Waals surface area contributed by atoms with E-state index in [1.807, 2.05) is 12.2 Å². The highest BCUT2D eigenvalue weighted by molar-refractivity contribution is 5.71. The lowest BCUT2D eigenvalue weighted by atomic mass is 10.1. The van der Waals surface area contributed by atoms with Crippen molar-refractivity contribution < 1.29 is 28.6 Å². The van der Waals surface area contributed by atoms with Gasteiger partial charge in [-0.3, -0.25) is 14.4 Å². The van der Waals surface area contributed by atoms with Crippen LogP contribution in [0.5, 0.6) is 0 Å². The molecular weight excluding hydrogens is 877 g/mol. The van der Waals surface area contributed by atoms with Crippen molar-refractivity contribution in [3.8, 4) is 0 Å². The van der Waals surface area contributed by atoms with Crippen LogP contribution in [0.4, 0.5) is 0 Å². The highest BCUT2D eigenvalue weighted by atomic mass is 16.6. The normalized spacial score (nSPS) is 13.3. The number of carbonyl (C=O) groups excluding carboxylic acids is 3. The molecule has 71 heavy (non-hydrogen) atoms. The fraction of sp³-hybridized carbons (Fsp3) is 0.554. The summed E-state index contributed by atoms with van der Waals surface area (Å²) in [4.78, 5) is 38.1. The highest BCUT2D eigenvalue weighted by Gasteiger charge is 2.19. The number of ether oxygens (including phenoxy) is 3. The monoisotopic (exact) mass is 977 g/mol. The number of hydrogen-bond acceptors (Lipinski definition) is 6. The largest absolute Gasteiger partial charge is 0.462 e. The Morgan fingerprint density at radius 2 is 0.592 bits per heavy atom. The van der Waals surface area contributed by atoms with Gasteiger partial charge in [-0.15, -0.1) is 0 Å². The van der Waals surface area contributed by atoms with Crippen LogP contribution in [0.15, 0.2) is 158 Å². The van der Waals surface area contributed by atoms with Crippen LogP contribution in [0.25, 0.3) is 0 Å². The Balaban J connectivity index is 4.66. The minimum atomic E-state index is -0.855. The van der Waals surface area contributed by atoms with Crippen LogP contribution in [-0.4, -0.2) is 37.2 Å². The Morgan fingerprint density at radius 1 is 0.296 bits per heavy atom. The average molecular weight is 978 g/mol. The number of esters is 3. The first kappa shape index (κ1) is 66.0. The van der Waals surface area contributed by atoms with E-state index in [2.05, 4.69) is 167 Å². The summed E-state index contributed by atoms with van der Waals surface area (Å²) in [6.07, 6.45) is 83.8. The van der Waals surface area contributed by atoms with Crippen molar-refractivity contribution in [1.82, 2.24) is 0 Å². The summed E-state index contributed by atoms with van der Waals surface area (Å²) in [6.45, 7) is 6.32. The van der Waals surface area contributed by atoms with Gasteiger partial charge in [0, 0.05) is 19.3 Å². The van der Waals surface area contributed by atoms with Crippen LogP contribution in [0.1, 0.15) is 213 Å². The minimum Gasteiger partial charge on any atom is -0.462 e. The fourth-order valence-electron chi connectivity index (χ4n) is 6.82. The number of unbranched alkanes of at least 4 members (excludes halogenated alkanes) is 11. The molecule has 6 nitrogen and oxygen atoms in total. The van der Waals surface area contributed by atoms with Crippen molar-refractivity contribution in [3.05, 3.63) is 158 Å². The summed E-state index contributed by atoms with van der Waals surface area (Å²) >= 11 is 0. The van der Waals surface area contributed by atoms with Crippen LogP contribution < -0.4 is 0 Å². The number of rotatable bonds is 48. The summed E-state index contributed by atoms with van der Waals surface area (Å²) in [6, 6.07) is 0. The van der Waals surface area contributed by atoms with E-state index in [9.17, 15) is 14.4 Å². The van der Waals surface area contributed by atoms with Crippen LogP contribution >= 0.6 is 0 Å². The van der Waals surface area contributed by atoms with Crippen LogP contribution in [0.2, 0.25) is 0 Å². The van der Waals surface area contributed by atoms with E-state index >= 15 is 0 Å². The Labute approximate surface area is 435 Å². The number of hydrogen-bond donors (Lipinski definition) is 0. The molecule has 0 aromatic rings. The molecule has 0 aliphatic heterocycles. The molecule has 396 valence electrons. The van der Waals surface area contributed by atoms with Crippen LogP contribution in [0.3, 0.4) is 0 Å². The summed E-state index contributed by atoms with van der Waals surface area (Å²) in [7, 11) is 0. The lowest BCUT2D eigenvalue weighted by Gasteiger charge is -2.18. The average Bonchev–Trinajstić information content (AvgIpc) is 3.37. The van der Waals surface area contributed by atoms with E-state index in [0.29, 0.717) is 19.3 Å². The molecule has 0 N–H and O–H groups in total. The highest BCUT2D eigenvalue weighted by Crippen LogP contribution is 2.10. The SMILES string of the molecule is CC/C=C\C/C=C\C/C=C\C/C=C\C/C=C\C/C=C\CCC(=O)OC[C@H](COC(=O)CCCCCC/C=C\C/C=C\C/C=C\CCCCC)OC(=O)CCC/C=C\C/C=C\C/C=C\C/C=C\CCCCC. The maximum absolute atomic E-state index is 12.8. The van der Waals surface area contributed by atoms with E-state index in [1.54, 1.807) is 0 Å². The smallest absolute Gasteiger partial charge is 0.306 e. The third-order valence-corrected chi connectivity index (χ3v) is 11.0. The summed E-state index contributed by atoms with van der Waals surface area (Å²) in [5, 5.41) is 0. The predicted molar refractivity (Wildman–Crippen MR) is 306 cm³/mol. The van der Waals surface area contributed by atoms with E-state index in [-0.39, 0.29) is 38.0 Å². The topological polar surface area (TPSA) is 78.9 Å². The molecule has 0 spiro atoms. The first-order valence-corrected chi connectivity index (χ1v) is 28.0. The van der Waals surface area contributed by atoms with Gasteiger partial charge >= 0.3 is 17.9 Å². The lowest BCUT2D eigenvalue weighted by Crippen LogP contribution is -2.30. The van der Waals surface area contributed by atoms with Gasteiger partial charge in [0.05, 0.1) is 0 Å². The predicted octanol–water partition coefficient (Wildman–Crippen LogP) is 19.0. The second-order valence-corrected chi connectivity index (χ2v) is 17.7. The zero-order chi connectivity index (χ0) is 51.4. The molecule has 6 heteroatoms. The minimum absolute atomic E-state index is 0.142. The summed E-state index contributed by atoms with van der Waals surface area (Å²) < 4.78 is 16.7. The standard InChI is InChI=1S/C65H100O6/c1-4-7-10-13-16-19-22-25-28-31-32-35-37-40-43-46-49-52-55-58-64(67)70-61-62(71-65(68)59-56-53-50-47-44-41-38-34-30-27-24-21-18-15-12-9-6-3)60-69-63(66)57-54-51-48-45-42-39-36-33-29-26-23-20-17-14-11-8-5-2/h7,10,16-21,25-30,32,35-36,38-41,43,47,49-50,52,62H,4-6,8-9,11-15,22-24,31,33-34,37,42,44-46,48,51,53-61H2,1-3H3/b10-7-,19-16-,20-17-,21-18-,28-25-,29-26-,30-27-,35-32-,39-36-,41-38-,43-40-,50-47-,52-49-/t62-/m0/s1. The first-order chi connectivity index (χ1) is 35.0. The van der Waals surface area contributed by atoms with Gasteiger partial charge < -0.3 is 14.2 Å². The van der Waals surface area contributed by atoms with Gasteiger partial charge in [-0.2, -0.15) is 0 Å². The molecule has 0 aliphatic rings. The molecule has 0 amide bonds. The second kappa shape index (κ2) is 57.6. The molecular formula is C65H100O6. The summed E-state index contributed by atoms with van der Waals surface area (Å²) in [5.41, 5.74) is 0. The lowest BCUT2D eigenvalue weighted by molar-refractivity contribution is -0.166. The molecule has 0 heterocycles. The third-order valence-electron chi connectivity index (χ3n) is 11.0. The van der Waals surface area contributed by atoms with E-state index in [0.717, 1.165) is 109 Å². The van der Waals surface area contributed by atoms with Crippen molar-refractivity contribution in [2.24, 2.45) is 0 Å². The maximum atomic E-state index is 12.8. The Bertz CT molecular complexity index is 1640. The van der Waals surface area contributed by atoms with Crippen LogP contribution in [0, 0.1) is 0 Å². The molecule has 0 aromatic carbocycles. The van der Waals surface area contributed by atoms with Crippen molar-refractivity contribution in [2.75, 3.05) is 13.2 Å².